The second-order valence-corrected chi connectivity index (χ2v) is 7.15. The van der Waals surface area contributed by atoms with Crippen LogP contribution in [-0.4, -0.2) is 51.2 Å². The van der Waals surface area contributed by atoms with Crippen LogP contribution in [0.15, 0.2) is 48.5 Å². The highest BCUT2D eigenvalue weighted by molar-refractivity contribution is 6.30. The second kappa shape index (κ2) is 8.93. The van der Waals surface area contributed by atoms with Gasteiger partial charge in [0.1, 0.15) is 0 Å². The number of halogens is 1. The SMILES string of the molecule is [C-]#[N+]c1cccc(N(C)CCCN2CCN(c3cccc(Cl)c3)CC2)c1. The highest BCUT2D eigenvalue weighted by atomic mass is 35.5. The lowest BCUT2D eigenvalue weighted by atomic mass is 10.2. The van der Waals surface area contributed by atoms with Gasteiger partial charge in [0.2, 0.25) is 0 Å². The minimum Gasteiger partial charge on any atom is -0.376 e. The van der Waals surface area contributed by atoms with Gasteiger partial charge in [0.25, 0.3) is 0 Å². The first-order valence-electron chi connectivity index (χ1n) is 9.07. The normalized spacial score (nSPS) is 14.9. The average Bonchev–Trinajstić information content (AvgIpc) is 2.68. The van der Waals surface area contributed by atoms with Crippen LogP contribution in [0.5, 0.6) is 0 Å². The van der Waals surface area contributed by atoms with Crippen LogP contribution in [0, 0.1) is 6.57 Å². The van der Waals surface area contributed by atoms with Gasteiger partial charge in [0.05, 0.1) is 6.57 Å². The van der Waals surface area contributed by atoms with E-state index in [9.17, 15) is 0 Å². The summed E-state index contributed by atoms with van der Waals surface area (Å²) < 4.78 is 0. The van der Waals surface area contributed by atoms with Gasteiger partial charge in [-0.2, -0.15) is 0 Å². The average molecular weight is 369 g/mol. The molecule has 0 spiro atoms. The molecular formula is C21H25ClN4. The Balaban J connectivity index is 1.42. The summed E-state index contributed by atoms with van der Waals surface area (Å²) in [5.41, 5.74) is 3.03. The fraction of sp³-hybridized carbons (Fsp3) is 0.381. The van der Waals surface area contributed by atoms with Crippen molar-refractivity contribution in [1.82, 2.24) is 4.90 Å². The van der Waals surface area contributed by atoms with Crippen LogP contribution in [0.2, 0.25) is 5.02 Å². The molecule has 0 aromatic heterocycles. The summed E-state index contributed by atoms with van der Waals surface area (Å²) in [5.74, 6) is 0. The molecule has 0 saturated carbocycles. The van der Waals surface area contributed by atoms with Gasteiger partial charge in [-0.15, -0.1) is 0 Å². The van der Waals surface area contributed by atoms with E-state index in [-0.39, 0.29) is 0 Å². The molecule has 0 bridgehead atoms. The molecule has 1 fully saturated rings. The van der Waals surface area contributed by atoms with Gasteiger partial charge in [-0.05, 0) is 43.3 Å². The summed E-state index contributed by atoms with van der Waals surface area (Å²) in [7, 11) is 2.10. The van der Waals surface area contributed by atoms with Crippen molar-refractivity contribution in [2.24, 2.45) is 0 Å². The fourth-order valence-electron chi connectivity index (χ4n) is 3.36. The van der Waals surface area contributed by atoms with E-state index in [1.54, 1.807) is 0 Å². The zero-order chi connectivity index (χ0) is 18.4. The maximum atomic E-state index is 7.13. The molecule has 0 N–H and O–H groups in total. The molecule has 0 unspecified atom stereocenters. The smallest absolute Gasteiger partial charge is 0.189 e. The van der Waals surface area contributed by atoms with E-state index in [0.717, 1.165) is 56.4 Å². The Labute approximate surface area is 161 Å². The second-order valence-electron chi connectivity index (χ2n) is 6.72. The Bertz CT molecular complexity index is 763. The Hall–Kier alpha value is -2.22. The lowest BCUT2D eigenvalue weighted by molar-refractivity contribution is 0.256. The van der Waals surface area contributed by atoms with Crippen molar-refractivity contribution in [3.05, 3.63) is 65.0 Å². The maximum Gasteiger partial charge on any atom is 0.189 e. The first kappa shape index (κ1) is 18.6. The van der Waals surface area contributed by atoms with Crippen LogP contribution in [0.3, 0.4) is 0 Å². The van der Waals surface area contributed by atoms with Crippen LogP contribution in [-0.2, 0) is 0 Å². The van der Waals surface area contributed by atoms with E-state index in [1.165, 1.54) is 5.69 Å². The van der Waals surface area contributed by atoms with Gasteiger partial charge in [0, 0.05) is 56.2 Å². The lowest BCUT2D eigenvalue weighted by Crippen LogP contribution is -2.47. The molecule has 4 nitrogen and oxygen atoms in total. The van der Waals surface area contributed by atoms with Gasteiger partial charge in [0.15, 0.2) is 5.69 Å². The van der Waals surface area contributed by atoms with Crippen molar-refractivity contribution in [1.29, 1.82) is 0 Å². The first-order valence-corrected chi connectivity index (χ1v) is 9.45. The predicted octanol–water partition coefficient (Wildman–Crippen LogP) is 4.54. The highest BCUT2D eigenvalue weighted by Gasteiger charge is 2.17. The van der Waals surface area contributed by atoms with E-state index in [2.05, 4.69) is 38.7 Å². The molecule has 1 heterocycles. The molecule has 0 amide bonds. The van der Waals surface area contributed by atoms with Crippen molar-refractivity contribution < 1.29 is 0 Å². The van der Waals surface area contributed by atoms with Crippen molar-refractivity contribution in [2.45, 2.75) is 6.42 Å². The van der Waals surface area contributed by atoms with Gasteiger partial charge in [-0.3, -0.25) is 4.90 Å². The fourth-order valence-corrected chi connectivity index (χ4v) is 3.55. The van der Waals surface area contributed by atoms with Crippen molar-refractivity contribution in [2.75, 3.05) is 56.1 Å². The zero-order valence-electron chi connectivity index (χ0n) is 15.2. The van der Waals surface area contributed by atoms with Crippen LogP contribution in [0.25, 0.3) is 4.85 Å². The molecule has 0 atom stereocenters. The third kappa shape index (κ3) is 4.91. The summed E-state index contributed by atoms with van der Waals surface area (Å²) >= 11 is 6.10. The quantitative estimate of drug-likeness (QED) is 0.695. The topological polar surface area (TPSA) is 14.1 Å². The molecule has 5 heteroatoms. The van der Waals surface area contributed by atoms with E-state index in [4.69, 9.17) is 18.2 Å². The molecule has 0 radical (unpaired) electrons. The van der Waals surface area contributed by atoms with Gasteiger partial charge < -0.3 is 9.80 Å². The van der Waals surface area contributed by atoms with Crippen molar-refractivity contribution >= 4 is 28.7 Å². The van der Waals surface area contributed by atoms with E-state index in [1.807, 2.05) is 36.4 Å². The molecule has 0 aliphatic carbocycles. The Morgan fingerprint density at radius 2 is 1.85 bits per heavy atom. The number of hydrogen-bond donors (Lipinski definition) is 0. The largest absolute Gasteiger partial charge is 0.376 e. The molecule has 1 aliphatic rings. The monoisotopic (exact) mass is 368 g/mol. The molecule has 136 valence electrons. The number of nitrogens with zero attached hydrogens (tertiary/aromatic N) is 4. The number of benzene rings is 2. The predicted molar refractivity (Wildman–Crippen MR) is 111 cm³/mol. The number of hydrogen-bond acceptors (Lipinski definition) is 3. The number of rotatable bonds is 6. The Kier molecular flexibility index (Phi) is 6.38. The third-order valence-electron chi connectivity index (χ3n) is 4.91. The summed E-state index contributed by atoms with van der Waals surface area (Å²) in [4.78, 5) is 10.7. The van der Waals surface area contributed by atoms with Crippen LogP contribution in [0.4, 0.5) is 17.1 Å². The van der Waals surface area contributed by atoms with E-state index >= 15 is 0 Å². The van der Waals surface area contributed by atoms with Crippen molar-refractivity contribution in [3.8, 4) is 0 Å². The molecule has 3 rings (SSSR count). The van der Waals surface area contributed by atoms with Gasteiger partial charge >= 0.3 is 0 Å². The minimum atomic E-state index is 0.700. The molecular weight excluding hydrogens is 344 g/mol. The maximum absolute atomic E-state index is 7.13. The van der Waals surface area contributed by atoms with Crippen LogP contribution in [0.1, 0.15) is 6.42 Å². The van der Waals surface area contributed by atoms with Gasteiger partial charge in [-0.25, -0.2) is 4.85 Å². The van der Waals surface area contributed by atoms with Gasteiger partial charge in [-0.1, -0.05) is 29.8 Å². The van der Waals surface area contributed by atoms with E-state index < -0.39 is 0 Å². The molecule has 1 saturated heterocycles. The zero-order valence-corrected chi connectivity index (χ0v) is 16.0. The lowest BCUT2D eigenvalue weighted by Gasteiger charge is -2.36. The van der Waals surface area contributed by atoms with Crippen LogP contribution >= 0.6 is 11.6 Å². The third-order valence-corrected chi connectivity index (χ3v) is 5.15. The first-order chi connectivity index (χ1) is 12.7. The standard InChI is InChI=1S/C21H25ClN4/c1-23-19-7-4-8-20(17-19)24(2)10-5-11-25-12-14-26(15-13-25)21-9-3-6-18(22)16-21/h3-4,6-9,16-17H,5,10-15H2,2H3. The number of anilines is 2. The molecule has 2 aromatic carbocycles. The summed E-state index contributed by atoms with van der Waals surface area (Å²) in [5, 5.41) is 0.801. The summed E-state index contributed by atoms with van der Waals surface area (Å²) in [6, 6.07) is 15.9. The Morgan fingerprint density at radius 3 is 2.58 bits per heavy atom. The summed E-state index contributed by atoms with van der Waals surface area (Å²) in [6.45, 7) is 13.5. The van der Waals surface area contributed by atoms with Crippen molar-refractivity contribution in [3.63, 3.8) is 0 Å². The highest BCUT2D eigenvalue weighted by Crippen LogP contribution is 2.22. The Morgan fingerprint density at radius 1 is 1.08 bits per heavy atom. The minimum absolute atomic E-state index is 0.700. The molecule has 2 aromatic rings. The summed E-state index contributed by atoms with van der Waals surface area (Å²) in [6.07, 6.45) is 1.12. The molecule has 26 heavy (non-hydrogen) atoms. The van der Waals surface area contributed by atoms with E-state index in [0.29, 0.717) is 5.69 Å². The molecule has 1 aliphatic heterocycles. The number of piperazine rings is 1. The van der Waals surface area contributed by atoms with Crippen LogP contribution < -0.4 is 9.80 Å².